The molecule has 0 aromatic rings. The van der Waals surface area contributed by atoms with Crippen molar-refractivity contribution in [2.24, 2.45) is 0 Å². The van der Waals surface area contributed by atoms with Crippen LogP contribution in [0.2, 0.25) is 47.2 Å². The van der Waals surface area contributed by atoms with Crippen molar-refractivity contribution in [1.29, 1.82) is 0 Å². The monoisotopic (exact) mass is 366 g/mol. The molecular formula is C18H24Cl2Fe. The van der Waals surface area contributed by atoms with E-state index >= 15 is 0 Å². The van der Waals surface area contributed by atoms with Crippen LogP contribution >= 0.6 is 23.2 Å². The van der Waals surface area contributed by atoms with Crippen molar-refractivity contribution < 1.29 is 6.51 Å². The zero-order valence-corrected chi connectivity index (χ0v) is 15.0. The number of rotatable bonds is 8. The predicted octanol–water partition coefficient (Wildman–Crippen LogP) is 6.93. The molecule has 0 radical (unpaired) electrons. The summed E-state index contributed by atoms with van der Waals surface area (Å²) in [6, 6.07) is 0. The summed E-state index contributed by atoms with van der Waals surface area (Å²) in [5.41, 5.74) is 0. The molecule has 118 valence electrons. The van der Waals surface area contributed by atoms with Crippen LogP contribution in [0.4, 0.5) is 0 Å². The second kappa shape index (κ2) is 1.05. The zero-order valence-electron chi connectivity index (χ0n) is 12.4. The van der Waals surface area contributed by atoms with Gasteiger partial charge in [0, 0.05) is 0 Å². The van der Waals surface area contributed by atoms with Crippen LogP contribution in [0.25, 0.3) is 0 Å². The fourth-order valence-electron chi connectivity index (χ4n) is 19.8. The van der Waals surface area contributed by atoms with Crippen LogP contribution < -0.4 is 0 Å². The Kier molecular flexibility index (Phi) is 0.509. The van der Waals surface area contributed by atoms with Gasteiger partial charge in [-0.25, -0.2) is 0 Å². The first kappa shape index (κ1) is 10.2. The SMILES string of the molecule is ClCCCC[C]12[CH]3[CH]4[CH]5[CH]1[Fe]45321678[CH]2[CH]1[CH]6[C]7(CCCCCl)[CH]28. The Balaban J connectivity index is 1.24. The fraction of sp³-hybridized carbons (Fsp3) is 1.00. The zero-order chi connectivity index (χ0) is 13.6. The first-order valence-corrected chi connectivity index (χ1v) is 16.7. The summed E-state index contributed by atoms with van der Waals surface area (Å²) in [6.45, 7) is -2.98. The van der Waals surface area contributed by atoms with E-state index in [1.165, 1.54) is 64.2 Å². The third-order valence-electron chi connectivity index (χ3n) is 17.3. The van der Waals surface area contributed by atoms with Crippen LogP contribution in [0.15, 0.2) is 0 Å². The minimum absolute atomic E-state index is 0.907. The molecule has 10 saturated heterocycles. The van der Waals surface area contributed by atoms with E-state index in [1.807, 2.05) is 0 Å². The van der Waals surface area contributed by atoms with Crippen molar-refractivity contribution in [3.05, 3.63) is 0 Å². The molecule has 21 heavy (non-hydrogen) atoms. The van der Waals surface area contributed by atoms with Gasteiger partial charge in [0.05, 0.1) is 0 Å². The molecule has 0 nitrogen and oxygen atoms in total. The van der Waals surface area contributed by atoms with Gasteiger partial charge in [-0.1, -0.05) is 0 Å². The van der Waals surface area contributed by atoms with Crippen LogP contribution in [-0.4, -0.2) is 11.8 Å². The van der Waals surface area contributed by atoms with Crippen molar-refractivity contribution in [3.63, 3.8) is 0 Å². The van der Waals surface area contributed by atoms with E-state index in [1.54, 1.807) is 12.8 Å². The van der Waals surface area contributed by atoms with E-state index in [0.29, 0.717) is 0 Å². The average molecular weight is 367 g/mol. The van der Waals surface area contributed by atoms with Crippen LogP contribution in [-0.2, 0) is 6.51 Å². The van der Waals surface area contributed by atoms with Gasteiger partial charge in [-0.05, 0) is 0 Å². The van der Waals surface area contributed by atoms with Crippen LogP contribution in [0.3, 0.4) is 0 Å². The molecular weight excluding hydrogens is 343 g/mol. The Morgan fingerprint density at radius 1 is 0.619 bits per heavy atom. The molecule has 0 aliphatic carbocycles. The van der Waals surface area contributed by atoms with E-state index < -0.39 is 6.51 Å². The summed E-state index contributed by atoms with van der Waals surface area (Å²) in [5.74, 6) is 1.81. The van der Waals surface area contributed by atoms with Gasteiger partial charge in [0.1, 0.15) is 0 Å². The third kappa shape index (κ3) is 0.135. The molecule has 0 N–H and O–H groups in total. The van der Waals surface area contributed by atoms with Gasteiger partial charge in [0.25, 0.3) is 0 Å². The summed E-state index contributed by atoms with van der Waals surface area (Å²) in [4.78, 5) is 11.7. The standard InChI is InChI=1S/2C9H12Cl.Fe/c2*10-8-4-3-7-9-5-1-2-6-9;/h2*1-2,5-6H,3-4,7-8H2;. The van der Waals surface area contributed by atoms with Crippen molar-refractivity contribution >= 4 is 23.2 Å². The van der Waals surface area contributed by atoms with Crippen LogP contribution in [0, 0.1) is 0 Å². The molecule has 0 bridgehead atoms. The Labute approximate surface area is 127 Å². The molecule has 1 spiro atoms. The summed E-state index contributed by atoms with van der Waals surface area (Å²) in [5, 5.41) is 0. The van der Waals surface area contributed by atoms with E-state index in [2.05, 4.69) is 0 Å². The topological polar surface area (TPSA) is 0 Å². The second-order valence-electron chi connectivity index (χ2n) is 12.4. The summed E-state index contributed by atoms with van der Waals surface area (Å²) in [7, 11) is 0. The number of halogens is 2. The molecule has 0 aromatic carbocycles. The van der Waals surface area contributed by atoms with Crippen molar-refractivity contribution in [2.75, 3.05) is 11.8 Å². The molecule has 8 unspecified atom stereocenters. The van der Waals surface area contributed by atoms with Gasteiger partial charge >= 0.3 is 127 Å². The van der Waals surface area contributed by atoms with Crippen molar-refractivity contribution in [2.45, 2.75) is 85.7 Å². The molecule has 10 aliphatic rings. The molecule has 10 aliphatic heterocycles. The fourth-order valence-corrected chi connectivity index (χ4v) is 98.7. The van der Waals surface area contributed by atoms with E-state index in [9.17, 15) is 0 Å². The predicted molar refractivity (Wildman–Crippen MR) is 84.5 cm³/mol. The van der Waals surface area contributed by atoms with E-state index in [0.717, 1.165) is 20.4 Å². The summed E-state index contributed by atoms with van der Waals surface area (Å²) < 4.78 is 2.23. The van der Waals surface area contributed by atoms with Crippen LogP contribution in [0.5, 0.6) is 0 Å². The Bertz CT molecular complexity index is 949. The first-order valence-electron chi connectivity index (χ1n) is 9.38. The molecule has 0 aromatic heterocycles. The molecule has 0 amide bonds. The van der Waals surface area contributed by atoms with Crippen molar-refractivity contribution in [1.82, 2.24) is 0 Å². The maximum absolute atomic E-state index is 6.00. The van der Waals surface area contributed by atoms with E-state index in [4.69, 9.17) is 23.2 Å². The van der Waals surface area contributed by atoms with Gasteiger partial charge in [-0.2, -0.15) is 0 Å². The van der Waals surface area contributed by atoms with Gasteiger partial charge in [-0.3, -0.25) is 0 Å². The number of alkyl halides is 2. The number of fused-ring (bicyclic) bond motifs is 10. The number of hydrogen-bond acceptors (Lipinski definition) is 0. The maximum atomic E-state index is 6.00. The molecule has 10 rings (SSSR count). The number of hydrogen-bond donors (Lipinski definition) is 0. The number of unbranched alkanes of at least 4 members (excludes halogenated alkanes) is 2. The molecule has 10 heterocycles. The summed E-state index contributed by atoms with van der Waals surface area (Å²) >= 11 is 12.0. The Morgan fingerprint density at radius 2 is 1.00 bits per heavy atom. The molecule has 10 fully saturated rings. The first-order chi connectivity index (χ1) is 10.1. The molecule has 8 atom stereocenters. The average Bonchev–Trinajstić information content (AvgIpc) is 3.43. The third-order valence-corrected chi connectivity index (χ3v) is 62.0. The second-order valence-corrected chi connectivity index (χ2v) is 36.6. The van der Waals surface area contributed by atoms with Gasteiger partial charge < -0.3 is 0 Å². The minimum atomic E-state index is -2.98. The van der Waals surface area contributed by atoms with Gasteiger partial charge in [0.2, 0.25) is 0 Å². The van der Waals surface area contributed by atoms with E-state index in [-0.39, 0.29) is 0 Å². The van der Waals surface area contributed by atoms with Crippen molar-refractivity contribution in [3.8, 4) is 0 Å². The summed E-state index contributed by atoms with van der Waals surface area (Å²) in [6.07, 6.45) is 8.92. The van der Waals surface area contributed by atoms with Gasteiger partial charge in [0.15, 0.2) is 0 Å². The van der Waals surface area contributed by atoms with Crippen LogP contribution in [0.1, 0.15) is 38.5 Å². The normalized spacial score (nSPS) is 102. The Hall–Kier alpha value is 1.10. The quantitative estimate of drug-likeness (QED) is 0.248. The molecule has 0 saturated carbocycles. The molecule has 3 heteroatoms. The Morgan fingerprint density at radius 3 is 1.29 bits per heavy atom. The van der Waals surface area contributed by atoms with Gasteiger partial charge in [-0.15, -0.1) is 0 Å².